The van der Waals surface area contributed by atoms with Gasteiger partial charge in [0.05, 0.1) is 11.5 Å². The average molecular weight is 200 g/mol. The van der Waals surface area contributed by atoms with E-state index >= 15 is 0 Å². The van der Waals surface area contributed by atoms with Gasteiger partial charge in [0.25, 0.3) is 0 Å². The largest absolute Gasteiger partial charge is 0.481 e. The highest BCUT2D eigenvalue weighted by atomic mass is 16.4. The SMILES string of the molecule is CC(C)C(O)[C@@H]1C(C)(C)[C@@]1(C)C(=O)O. The van der Waals surface area contributed by atoms with Gasteiger partial charge in [-0.3, -0.25) is 4.79 Å². The molecule has 82 valence electrons. The Hall–Kier alpha value is -0.570. The van der Waals surface area contributed by atoms with E-state index in [1.165, 1.54) is 0 Å². The highest BCUT2D eigenvalue weighted by molar-refractivity contribution is 5.80. The molecule has 0 radical (unpaired) electrons. The van der Waals surface area contributed by atoms with E-state index in [4.69, 9.17) is 5.11 Å². The van der Waals surface area contributed by atoms with Crippen LogP contribution in [0.25, 0.3) is 0 Å². The predicted octanol–water partition coefficient (Wildman–Crippen LogP) is 1.75. The normalized spacial score (nSPS) is 36.9. The van der Waals surface area contributed by atoms with Crippen molar-refractivity contribution in [2.45, 2.75) is 40.7 Å². The van der Waals surface area contributed by atoms with Crippen LogP contribution >= 0.6 is 0 Å². The fraction of sp³-hybridized carbons (Fsp3) is 0.909. The maximum atomic E-state index is 11.1. The number of carbonyl (C=O) groups is 1. The van der Waals surface area contributed by atoms with Crippen LogP contribution in [0, 0.1) is 22.7 Å². The quantitative estimate of drug-likeness (QED) is 0.729. The molecule has 3 atom stereocenters. The second-order valence-corrected chi connectivity index (χ2v) is 5.44. The summed E-state index contributed by atoms with van der Waals surface area (Å²) < 4.78 is 0. The van der Waals surface area contributed by atoms with Gasteiger partial charge in [-0.25, -0.2) is 0 Å². The van der Waals surface area contributed by atoms with Crippen molar-refractivity contribution in [3.05, 3.63) is 0 Å². The number of hydrogen-bond acceptors (Lipinski definition) is 2. The first-order valence-corrected chi connectivity index (χ1v) is 5.08. The van der Waals surface area contributed by atoms with Gasteiger partial charge in [0.1, 0.15) is 0 Å². The third kappa shape index (κ3) is 1.18. The van der Waals surface area contributed by atoms with Crippen LogP contribution < -0.4 is 0 Å². The van der Waals surface area contributed by atoms with Crippen molar-refractivity contribution in [3.63, 3.8) is 0 Å². The van der Waals surface area contributed by atoms with Crippen LogP contribution in [0.3, 0.4) is 0 Å². The van der Waals surface area contributed by atoms with E-state index in [0.717, 1.165) is 0 Å². The van der Waals surface area contributed by atoms with Gasteiger partial charge < -0.3 is 10.2 Å². The van der Waals surface area contributed by atoms with Gasteiger partial charge in [-0.2, -0.15) is 0 Å². The van der Waals surface area contributed by atoms with E-state index in [-0.39, 0.29) is 17.3 Å². The lowest BCUT2D eigenvalue weighted by Crippen LogP contribution is -2.24. The Morgan fingerprint density at radius 2 is 1.71 bits per heavy atom. The molecule has 1 aliphatic carbocycles. The lowest BCUT2D eigenvalue weighted by molar-refractivity contribution is -0.145. The molecule has 1 unspecified atom stereocenters. The lowest BCUT2D eigenvalue weighted by atomic mass is 9.96. The molecular weight excluding hydrogens is 180 g/mol. The number of carboxylic acid groups (broad SMARTS) is 1. The Balaban J connectivity index is 2.91. The summed E-state index contributed by atoms with van der Waals surface area (Å²) in [5, 5.41) is 19.1. The van der Waals surface area contributed by atoms with Crippen molar-refractivity contribution in [3.8, 4) is 0 Å². The summed E-state index contributed by atoms with van der Waals surface area (Å²) in [6, 6.07) is 0. The molecule has 1 fully saturated rings. The summed E-state index contributed by atoms with van der Waals surface area (Å²) in [6.45, 7) is 9.39. The van der Waals surface area contributed by atoms with Crippen molar-refractivity contribution >= 4 is 5.97 Å². The zero-order valence-electron chi connectivity index (χ0n) is 9.53. The fourth-order valence-corrected chi connectivity index (χ4v) is 2.59. The summed E-state index contributed by atoms with van der Waals surface area (Å²) in [5.41, 5.74) is -1.07. The number of aliphatic carboxylic acids is 1. The van der Waals surface area contributed by atoms with Crippen LogP contribution in [0.5, 0.6) is 0 Å². The molecule has 0 spiro atoms. The Morgan fingerprint density at radius 1 is 1.29 bits per heavy atom. The van der Waals surface area contributed by atoms with Gasteiger partial charge in [0, 0.05) is 5.92 Å². The molecule has 0 aliphatic heterocycles. The zero-order chi connectivity index (χ0) is 11.3. The molecule has 3 heteroatoms. The number of aliphatic hydroxyl groups excluding tert-OH is 1. The second-order valence-electron chi connectivity index (χ2n) is 5.44. The molecule has 0 amide bonds. The van der Waals surface area contributed by atoms with Crippen LogP contribution in [-0.2, 0) is 4.79 Å². The molecular formula is C11H20O3. The number of aliphatic hydroxyl groups is 1. The highest BCUT2D eigenvalue weighted by Crippen LogP contribution is 2.70. The Bertz CT molecular complexity index is 257. The molecule has 0 saturated heterocycles. The van der Waals surface area contributed by atoms with Gasteiger partial charge in [-0.05, 0) is 18.3 Å². The fourth-order valence-electron chi connectivity index (χ4n) is 2.59. The standard InChI is InChI=1S/C11H20O3/c1-6(2)7(12)8-10(3,4)11(8,5)9(13)14/h6-8,12H,1-5H3,(H,13,14)/t7?,8-,11-/m1/s1. The molecule has 0 aromatic carbocycles. The first-order chi connectivity index (χ1) is 6.17. The van der Waals surface area contributed by atoms with Gasteiger partial charge in [-0.1, -0.05) is 27.7 Å². The average Bonchev–Trinajstić information content (AvgIpc) is 2.46. The Kier molecular flexibility index (Phi) is 2.43. The van der Waals surface area contributed by atoms with Crippen molar-refractivity contribution in [1.82, 2.24) is 0 Å². The van der Waals surface area contributed by atoms with E-state index < -0.39 is 17.5 Å². The molecule has 1 saturated carbocycles. The monoisotopic (exact) mass is 200 g/mol. The number of carboxylic acids is 1. The molecule has 2 N–H and O–H groups in total. The summed E-state index contributed by atoms with van der Waals surface area (Å²) in [7, 11) is 0. The molecule has 0 bridgehead atoms. The molecule has 14 heavy (non-hydrogen) atoms. The third-order valence-corrected chi connectivity index (χ3v) is 4.12. The molecule has 1 aliphatic rings. The minimum absolute atomic E-state index is 0.112. The van der Waals surface area contributed by atoms with E-state index in [1.807, 2.05) is 27.7 Å². The first-order valence-electron chi connectivity index (χ1n) is 5.08. The van der Waals surface area contributed by atoms with Gasteiger partial charge in [0.15, 0.2) is 0 Å². The molecule has 3 nitrogen and oxygen atoms in total. The third-order valence-electron chi connectivity index (χ3n) is 4.12. The maximum Gasteiger partial charge on any atom is 0.310 e. The smallest absolute Gasteiger partial charge is 0.310 e. The topological polar surface area (TPSA) is 57.5 Å². The summed E-state index contributed by atoms with van der Waals surface area (Å²) in [5.74, 6) is -0.819. The van der Waals surface area contributed by atoms with Crippen molar-refractivity contribution in [2.75, 3.05) is 0 Å². The van der Waals surface area contributed by atoms with Crippen LogP contribution in [-0.4, -0.2) is 22.3 Å². The summed E-state index contributed by atoms with van der Waals surface area (Å²) >= 11 is 0. The van der Waals surface area contributed by atoms with Crippen LogP contribution in [0.4, 0.5) is 0 Å². The van der Waals surface area contributed by atoms with Gasteiger partial charge in [0.2, 0.25) is 0 Å². The van der Waals surface area contributed by atoms with Crippen LogP contribution in [0.1, 0.15) is 34.6 Å². The maximum absolute atomic E-state index is 11.1. The van der Waals surface area contributed by atoms with Gasteiger partial charge in [-0.15, -0.1) is 0 Å². The van der Waals surface area contributed by atoms with E-state index in [2.05, 4.69) is 0 Å². The van der Waals surface area contributed by atoms with Gasteiger partial charge >= 0.3 is 5.97 Å². The van der Waals surface area contributed by atoms with E-state index in [9.17, 15) is 9.90 Å². The minimum Gasteiger partial charge on any atom is -0.481 e. The van der Waals surface area contributed by atoms with E-state index in [1.54, 1.807) is 6.92 Å². The van der Waals surface area contributed by atoms with Crippen LogP contribution in [0.2, 0.25) is 0 Å². The van der Waals surface area contributed by atoms with Crippen LogP contribution in [0.15, 0.2) is 0 Å². The zero-order valence-corrected chi connectivity index (χ0v) is 9.53. The number of rotatable bonds is 3. The summed E-state index contributed by atoms with van der Waals surface area (Å²) in [4.78, 5) is 11.1. The minimum atomic E-state index is -0.799. The molecule has 0 heterocycles. The van der Waals surface area contributed by atoms with Crippen molar-refractivity contribution in [2.24, 2.45) is 22.7 Å². The highest BCUT2D eigenvalue weighted by Gasteiger charge is 2.74. The molecule has 0 aromatic rings. The summed E-state index contributed by atoms with van der Waals surface area (Å²) in [6.07, 6.45) is -0.522. The Labute approximate surface area is 85.1 Å². The van der Waals surface area contributed by atoms with Crippen molar-refractivity contribution < 1.29 is 15.0 Å². The predicted molar refractivity (Wildman–Crippen MR) is 53.9 cm³/mol. The van der Waals surface area contributed by atoms with Crippen molar-refractivity contribution in [1.29, 1.82) is 0 Å². The number of hydrogen-bond donors (Lipinski definition) is 2. The second kappa shape index (κ2) is 2.96. The lowest BCUT2D eigenvalue weighted by Gasteiger charge is -2.16. The Morgan fingerprint density at radius 3 is 1.93 bits per heavy atom. The molecule has 0 aromatic heterocycles. The first kappa shape index (κ1) is 11.5. The molecule has 1 rings (SSSR count). The van der Waals surface area contributed by atoms with E-state index in [0.29, 0.717) is 0 Å².